The highest BCUT2D eigenvalue weighted by atomic mass is 35.5. The lowest BCUT2D eigenvalue weighted by molar-refractivity contribution is 0.0944. The first-order chi connectivity index (χ1) is 10.9. The number of hydrogen-bond donors (Lipinski definition) is 2. The van der Waals surface area contributed by atoms with Crippen molar-refractivity contribution in [2.45, 2.75) is 26.8 Å². The van der Waals surface area contributed by atoms with Crippen molar-refractivity contribution in [1.82, 2.24) is 5.32 Å². The van der Waals surface area contributed by atoms with E-state index in [-0.39, 0.29) is 17.9 Å². The van der Waals surface area contributed by atoms with Crippen molar-refractivity contribution >= 4 is 29.1 Å². The number of anilines is 1. The zero-order valence-electron chi connectivity index (χ0n) is 13.3. The van der Waals surface area contributed by atoms with Gasteiger partial charge < -0.3 is 10.6 Å². The number of halogens is 1. The molecule has 0 spiro atoms. The number of amides is 2. The van der Waals surface area contributed by atoms with E-state index in [0.29, 0.717) is 21.8 Å². The van der Waals surface area contributed by atoms with Crippen molar-refractivity contribution in [2.24, 2.45) is 0 Å². The Morgan fingerprint density at radius 3 is 2.35 bits per heavy atom. The molecule has 0 aliphatic rings. The average molecular weight is 331 g/mol. The smallest absolute Gasteiger partial charge is 0.257 e. The topological polar surface area (TPSA) is 58.2 Å². The lowest BCUT2D eigenvalue weighted by atomic mass is 10.1. The monoisotopic (exact) mass is 330 g/mol. The summed E-state index contributed by atoms with van der Waals surface area (Å²) in [5, 5.41) is 5.95. The van der Waals surface area contributed by atoms with Crippen LogP contribution in [-0.2, 0) is 0 Å². The molecule has 2 amide bonds. The van der Waals surface area contributed by atoms with Gasteiger partial charge in [0.1, 0.15) is 0 Å². The van der Waals surface area contributed by atoms with Crippen LogP contribution < -0.4 is 10.6 Å². The summed E-state index contributed by atoms with van der Waals surface area (Å²) in [6, 6.07) is 12.1. The summed E-state index contributed by atoms with van der Waals surface area (Å²) in [6.45, 7) is 5.66. The molecule has 2 rings (SSSR count). The maximum Gasteiger partial charge on any atom is 0.257 e. The Morgan fingerprint density at radius 1 is 1.00 bits per heavy atom. The maximum absolute atomic E-state index is 12.4. The molecule has 0 atom stereocenters. The summed E-state index contributed by atoms with van der Waals surface area (Å²) < 4.78 is 0. The van der Waals surface area contributed by atoms with E-state index < -0.39 is 0 Å². The molecule has 120 valence electrons. The number of rotatable bonds is 4. The number of nitrogens with one attached hydrogen (secondary N) is 2. The highest BCUT2D eigenvalue weighted by molar-refractivity contribution is 6.34. The molecule has 0 saturated carbocycles. The van der Waals surface area contributed by atoms with Crippen molar-refractivity contribution in [3.8, 4) is 0 Å². The minimum atomic E-state index is -0.347. The van der Waals surface area contributed by atoms with E-state index in [4.69, 9.17) is 11.6 Å². The van der Waals surface area contributed by atoms with E-state index in [0.717, 1.165) is 5.56 Å². The minimum Gasteiger partial charge on any atom is -0.350 e. The molecule has 2 aromatic rings. The predicted molar refractivity (Wildman–Crippen MR) is 93.2 cm³/mol. The van der Waals surface area contributed by atoms with Crippen LogP contribution in [0.15, 0.2) is 42.5 Å². The van der Waals surface area contributed by atoms with Crippen molar-refractivity contribution in [1.29, 1.82) is 0 Å². The van der Waals surface area contributed by atoms with Gasteiger partial charge in [-0.2, -0.15) is 0 Å². The fourth-order valence-electron chi connectivity index (χ4n) is 2.12. The van der Waals surface area contributed by atoms with Gasteiger partial charge in [0.05, 0.1) is 21.8 Å². The van der Waals surface area contributed by atoms with E-state index in [1.807, 2.05) is 26.8 Å². The van der Waals surface area contributed by atoms with Gasteiger partial charge in [-0.25, -0.2) is 0 Å². The highest BCUT2D eigenvalue weighted by Gasteiger charge is 2.16. The van der Waals surface area contributed by atoms with Crippen LogP contribution in [0.25, 0.3) is 0 Å². The normalized spacial score (nSPS) is 10.5. The first-order valence-corrected chi connectivity index (χ1v) is 7.73. The molecular formula is C18H19ClN2O2. The molecule has 0 radical (unpaired) electrons. The highest BCUT2D eigenvalue weighted by Crippen LogP contribution is 2.21. The summed E-state index contributed by atoms with van der Waals surface area (Å²) in [4.78, 5) is 24.6. The van der Waals surface area contributed by atoms with E-state index >= 15 is 0 Å². The van der Waals surface area contributed by atoms with E-state index in [1.165, 1.54) is 0 Å². The lowest BCUT2D eigenvalue weighted by Crippen LogP contribution is -2.31. The number of hydrogen-bond acceptors (Lipinski definition) is 2. The lowest BCUT2D eigenvalue weighted by Gasteiger charge is -2.13. The van der Waals surface area contributed by atoms with Crippen LogP contribution in [0.4, 0.5) is 5.69 Å². The molecule has 0 aliphatic heterocycles. The predicted octanol–water partition coefficient (Wildman–Crippen LogP) is 4.04. The van der Waals surface area contributed by atoms with Crippen molar-refractivity contribution in [3.05, 3.63) is 64.2 Å². The second kappa shape index (κ2) is 7.29. The van der Waals surface area contributed by atoms with Gasteiger partial charge in [0, 0.05) is 6.04 Å². The first kappa shape index (κ1) is 17.0. The van der Waals surface area contributed by atoms with Crippen LogP contribution in [0.2, 0.25) is 5.02 Å². The number of carbonyl (C=O) groups is 2. The van der Waals surface area contributed by atoms with E-state index in [1.54, 1.807) is 36.4 Å². The Bertz CT molecular complexity index is 742. The zero-order chi connectivity index (χ0) is 17.0. The van der Waals surface area contributed by atoms with Gasteiger partial charge in [-0.05, 0) is 50.6 Å². The molecule has 0 heterocycles. The first-order valence-electron chi connectivity index (χ1n) is 7.36. The molecule has 0 bridgehead atoms. The Labute approximate surface area is 140 Å². The SMILES string of the molecule is Cc1ccc(C(=O)Nc2ccccc2C(=O)NC(C)C)c(Cl)c1. The third-order valence-corrected chi connectivity index (χ3v) is 3.52. The Kier molecular flexibility index (Phi) is 5.40. The van der Waals surface area contributed by atoms with Gasteiger partial charge in [-0.15, -0.1) is 0 Å². The summed E-state index contributed by atoms with van der Waals surface area (Å²) in [7, 11) is 0. The largest absolute Gasteiger partial charge is 0.350 e. The molecule has 0 aromatic heterocycles. The van der Waals surface area contributed by atoms with E-state index in [2.05, 4.69) is 10.6 Å². The van der Waals surface area contributed by atoms with Crippen LogP contribution in [0.5, 0.6) is 0 Å². The summed E-state index contributed by atoms with van der Waals surface area (Å²) in [5.41, 5.74) is 2.21. The third kappa shape index (κ3) is 4.33. The van der Waals surface area contributed by atoms with Crippen molar-refractivity contribution < 1.29 is 9.59 Å². The van der Waals surface area contributed by atoms with Gasteiger partial charge in [0.25, 0.3) is 11.8 Å². The Hall–Kier alpha value is -2.33. The second-order valence-corrected chi connectivity index (χ2v) is 6.02. The molecular weight excluding hydrogens is 312 g/mol. The van der Waals surface area contributed by atoms with Gasteiger partial charge in [-0.3, -0.25) is 9.59 Å². The molecule has 0 aliphatic carbocycles. The van der Waals surface area contributed by atoms with Crippen LogP contribution in [0, 0.1) is 6.92 Å². The molecule has 2 aromatic carbocycles. The maximum atomic E-state index is 12.4. The van der Waals surface area contributed by atoms with Gasteiger partial charge >= 0.3 is 0 Å². The minimum absolute atomic E-state index is 0.0119. The van der Waals surface area contributed by atoms with Crippen LogP contribution >= 0.6 is 11.6 Å². The summed E-state index contributed by atoms with van der Waals surface area (Å²) in [6.07, 6.45) is 0. The second-order valence-electron chi connectivity index (χ2n) is 5.61. The van der Waals surface area contributed by atoms with Crippen LogP contribution in [-0.4, -0.2) is 17.9 Å². The van der Waals surface area contributed by atoms with Gasteiger partial charge in [0.15, 0.2) is 0 Å². The Balaban J connectivity index is 2.26. The zero-order valence-corrected chi connectivity index (χ0v) is 14.1. The molecule has 0 unspecified atom stereocenters. The van der Waals surface area contributed by atoms with E-state index in [9.17, 15) is 9.59 Å². The molecule has 5 heteroatoms. The average Bonchev–Trinajstić information content (AvgIpc) is 2.46. The molecule has 23 heavy (non-hydrogen) atoms. The molecule has 0 saturated heterocycles. The number of para-hydroxylation sites is 1. The van der Waals surface area contributed by atoms with Gasteiger partial charge in [-0.1, -0.05) is 29.8 Å². The number of carbonyl (C=O) groups excluding carboxylic acids is 2. The van der Waals surface area contributed by atoms with Crippen LogP contribution in [0.1, 0.15) is 40.1 Å². The standard InChI is InChI=1S/C18H19ClN2O2/c1-11(2)20-18(23)14-6-4-5-7-16(14)21-17(22)13-9-8-12(3)10-15(13)19/h4-11H,1-3H3,(H,20,23)(H,21,22). The molecule has 0 fully saturated rings. The van der Waals surface area contributed by atoms with Crippen LogP contribution in [0.3, 0.4) is 0 Å². The molecule has 4 nitrogen and oxygen atoms in total. The number of benzene rings is 2. The van der Waals surface area contributed by atoms with Gasteiger partial charge in [0.2, 0.25) is 0 Å². The fraction of sp³-hybridized carbons (Fsp3) is 0.222. The number of aryl methyl sites for hydroxylation is 1. The Morgan fingerprint density at radius 2 is 1.70 bits per heavy atom. The fourth-order valence-corrected chi connectivity index (χ4v) is 2.44. The van der Waals surface area contributed by atoms with Crippen molar-refractivity contribution in [2.75, 3.05) is 5.32 Å². The van der Waals surface area contributed by atoms with Crippen molar-refractivity contribution in [3.63, 3.8) is 0 Å². The summed E-state index contributed by atoms with van der Waals surface area (Å²) >= 11 is 6.12. The molecule has 2 N–H and O–H groups in total. The summed E-state index contributed by atoms with van der Waals surface area (Å²) in [5.74, 6) is -0.578. The quantitative estimate of drug-likeness (QED) is 0.888. The third-order valence-electron chi connectivity index (χ3n) is 3.21.